The van der Waals surface area contributed by atoms with E-state index >= 15 is 0 Å². The molecule has 0 fully saturated rings. The first-order chi connectivity index (χ1) is 9.11. The van der Waals surface area contributed by atoms with Gasteiger partial charge >= 0.3 is 6.18 Å². The Kier molecular flexibility index (Phi) is 4.57. The molecule has 1 rings (SSSR count). The van der Waals surface area contributed by atoms with Gasteiger partial charge in [0.25, 0.3) is 0 Å². The molecule has 3 nitrogen and oxygen atoms in total. The molecule has 0 aromatic carbocycles. The van der Waals surface area contributed by atoms with Crippen LogP contribution in [-0.2, 0) is 14.3 Å². The van der Waals surface area contributed by atoms with Gasteiger partial charge in [-0.3, -0.25) is 9.59 Å². The highest BCUT2D eigenvalue weighted by molar-refractivity contribution is 6.24. The van der Waals surface area contributed by atoms with E-state index in [-0.39, 0.29) is 17.6 Å². The van der Waals surface area contributed by atoms with Crippen LogP contribution in [0, 0.1) is 0 Å². The summed E-state index contributed by atoms with van der Waals surface area (Å²) in [5.74, 6) is -3.01. The first kappa shape index (κ1) is 16.2. The molecule has 0 N–H and O–H groups in total. The van der Waals surface area contributed by atoms with E-state index in [2.05, 4.69) is 4.74 Å². The first-order valence-corrected chi connectivity index (χ1v) is 5.89. The molecule has 0 heterocycles. The molecule has 20 heavy (non-hydrogen) atoms. The van der Waals surface area contributed by atoms with Crippen LogP contribution in [-0.4, -0.2) is 24.9 Å². The van der Waals surface area contributed by atoms with E-state index in [0.717, 1.165) is 12.7 Å². The second kappa shape index (κ2) is 5.64. The van der Waals surface area contributed by atoms with Gasteiger partial charge in [-0.25, -0.2) is 0 Å². The lowest BCUT2D eigenvalue weighted by molar-refractivity contribution is -0.131. The van der Waals surface area contributed by atoms with Gasteiger partial charge in [0.05, 0.1) is 7.11 Å². The van der Waals surface area contributed by atoms with Crippen LogP contribution in [0.15, 0.2) is 34.1 Å². The van der Waals surface area contributed by atoms with Crippen LogP contribution in [0.2, 0.25) is 0 Å². The van der Waals surface area contributed by atoms with Crippen molar-refractivity contribution >= 4 is 11.6 Å². The van der Waals surface area contributed by atoms with Gasteiger partial charge in [-0.05, 0) is 27.2 Å². The minimum Gasteiger partial charge on any atom is -0.492 e. The Morgan fingerprint density at radius 1 is 1.20 bits per heavy atom. The summed E-state index contributed by atoms with van der Waals surface area (Å²) in [7, 11) is 0.950. The van der Waals surface area contributed by atoms with E-state index in [9.17, 15) is 22.8 Å². The molecule has 0 bridgehead atoms. The molecule has 0 atom stereocenters. The smallest absolute Gasteiger partial charge is 0.423 e. The molecule has 0 saturated heterocycles. The van der Waals surface area contributed by atoms with E-state index < -0.39 is 29.1 Å². The van der Waals surface area contributed by atoms with E-state index in [1.165, 1.54) is 6.92 Å². The highest BCUT2D eigenvalue weighted by Crippen LogP contribution is 2.37. The molecular formula is C14H15F3O3. The molecule has 0 aromatic rings. The summed E-state index contributed by atoms with van der Waals surface area (Å²) < 4.78 is 43.1. The lowest BCUT2D eigenvalue weighted by Crippen LogP contribution is -2.31. The summed E-state index contributed by atoms with van der Waals surface area (Å²) in [5.41, 5.74) is -0.764. The zero-order valence-electron chi connectivity index (χ0n) is 11.6. The summed E-state index contributed by atoms with van der Waals surface area (Å²) in [5, 5.41) is 0. The number of rotatable bonds is 3. The van der Waals surface area contributed by atoms with Crippen molar-refractivity contribution in [3.63, 3.8) is 0 Å². The maximum atomic E-state index is 12.9. The van der Waals surface area contributed by atoms with Gasteiger partial charge in [0.15, 0.2) is 11.5 Å². The number of methoxy groups -OCH3 is 1. The predicted octanol–water partition coefficient (Wildman–Crippen LogP) is 3.27. The maximum Gasteiger partial charge on any atom is 0.423 e. The summed E-state index contributed by atoms with van der Waals surface area (Å²) in [4.78, 5) is 23.9. The number of alkyl halides is 3. The fourth-order valence-corrected chi connectivity index (χ4v) is 1.85. The van der Waals surface area contributed by atoms with Crippen molar-refractivity contribution in [2.45, 2.75) is 33.4 Å². The van der Waals surface area contributed by atoms with Crippen LogP contribution in [0.25, 0.3) is 0 Å². The summed E-state index contributed by atoms with van der Waals surface area (Å²) >= 11 is 0. The molecule has 0 radical (unpaired) electrons. The zero-order valence-corrected chi connectivity index (χ0v) is 11.6. The average Bonchev–Trinajstić information content (AvgIpc) is 2.31. The van der Waals surface area contributed by atoms with Crippen LogP contribution in [0.1, 0.15) is 27.2 Å². The first-order valence-electron chi connectivity index (χ1n) is 5.89. The average molecular weight is 288 g/mol. The number of hydrogen-bond donors (Lipinski definition) is 0. The SMILES string of the molecule is COC1=C(C(F)(F)F)C(=O)C(C)=C(CC=C(C)C)C1=O. The van der Waals surface area contributed by atoms with Crippen molar-refractivity contribution < 1.29 is 27.5 Å². The highest BCUT2D eigenvalue weighted by atomic mass is 19.4. The lowest BCUT2D eigenvalue weighted by Gasteiger charge is -2.22. The molecule has 0 unspecified atom stereocenters. The number of allylic oxidation sites excluding steroid dienone is 5. The largest absolute Gasteiger partial charge is 0.492 e. The Balaban J connectivity index is 3.38. The molecule has 0 saturated carbocycles. The lowest BCUT2D eigenvalue weighted by atomic mass is 9.86. The molecule has 1 aliphatic rings. The molecule has 6 heteroatoms. The minimum absolute atomic E-state index is 0.0426. The summed E-state index contributed by atoms with van der Waals surface area (Å²) in [6.45, 7) is 4.81. The second-order valence-electron chi connectivity index (χ2n) is 4.65. The number of ketones is 2. The molecule has 0 spiro atoms. The topological polar surface area (TPSA) is 43.4 Å². The van der Waals surface area contributed by atoms with E-state index in [1.807, 2.05) is 0 Å². The fraction of sp³-hybridized carbons (Fsp3) is 0.429. The predicted molar refractivity (Wildman–Crippen MR) is 66.9 cm³/mol. The van der Waals surface area contributed by atoms with Crippen molar-refractivity contribution in [3.8, 4) is 0 Å². The number of ether oxygens (including phenoxy) is 1. The maximum absolute atomic E-state index is 12.9. The molecule has 1 aliphatic carbocycles. The second-order valence-corrected chi connectivity index (χ2v) is 4.65. The number of carbonyl (C=O) groups excluding carboxylic acids is 2. The van der Waals surface area contributed by atoms with Gasteiger partial charge in [-0.15, -0.1) is 0 Å². The monoisotopic (exact) mass is 288 g/mol. The number of hydrogen-bond acceptors (Lipinski definition) is 3. The van der Waals surface area contributed by atoms with Crippen molar-refractivity contribution in [2.75, 3.05) is 7.11 Å². The van der Waals surface area contributed by atoms with Gasteiger partial charge in [-0.1, -0.05) is 11.6 Å². The molecular weight excluding hydrogens is 273 g/mol. The minimum atomic E-state index is -4.92. The standard InChI is InChI=1S/C14H15F3O3/c1-7(2)5-6-9-8(3)11(18)10(14(15,16)17)13(20-4)12(9)19/h5H,6H2,1-4H3. The number of halogens is 3. The molecule has 110 valence electrons. The quantitative estimate of drug-likeness (QED) is 0.591. The van der Waals surface area contributed by atoms with E-state index in [0.29, 0.717) is 0 Å². The van der Waals surface area contributed by atoms with Gasteiger partial charge in [0.1, 0.15) is 5.57 Å². The van der Waals surface area contributed by atoms with Gasteiger partial charge in [0, 0.05) is 11.1 Å². The van der Waals surface area contributed by atoms with E-state index in [1.54, 1.807) is 19.9 Å². The third-order valence-corrected chi connectivity index (χ3v) is 2.93. The van der Waals surface area contributed by atoms with Crippen LogP contribution < -0.4 is 0 Å². The van der Waals surface area contributed by atoms with Crippen molar-refractivity contribution in [2.24, 2.45) is 0 Å². The van der Waals surface area contributed by atoms with Crippen LogP contribution in [0.5, 0.6) is 0 Å². The Hall–Kier alpha value is -1.85. The Bertz CT molecular complexity index is 545. The fourth-order valence-electron chi connectivity index (χ4n) is 1.85. The normalized spacial score (nSPS) is 16.8. The van der Waals surface area contributed by atoms with Gasteiger partial charge in [0.2, 0.25) is 5.78 Å². The van der Waals surface area contributed by atoms with Gasteiger partial charge < -0.3 is 4.74 Å². The van der Waals surface area contributed by atoms with E-state index in [4.69, 9.17) is 0 Å². The summed E-state index contributed by atoms with van der Waals surface area (Å²) in [6.07, 6.45) is -3.13. The summed E-state index contributed by atoms with van der Waals surface area (Å²) in [6, 6.07) is 0. The molecule has 0 aromatic heterocycles. The Morgan fingerprint density at radius 3 is 2.15 bits per heavy atom. The Morgan fingerprint density at radius 2 is 1.75 bits per heavy atom. The number of Topliss-reactive ketones (excluding diaryl/α,β-unsaturated/α-hetero) is 2. The number of carbonyl (C=O) groups is 2. The van der Waals surface area contributed by atoms with Crippen molar-refractivity contribution in [1.29, 1.82) is 0 Å². The third-order valence-electron chi connectivity index (χ3n) is 2.93. The van der Waals surface area contributed by atoms with Crippen LogP contribution in [0.4, 0.5) is 13.2 Å². The van der Waals surface area contributed by atoms with Gasteiger partial charge in [-0.2, -0.15) is 13.2 Å². The van der Waals surface area contributed by atoms with Crippen molar-refractivity contribution in [3.05, 3.63) is 34.1 Å². The Labute approximate surface area is 114 Å². The molecule has 0 aliphatic heterocycles. The third kappa shape index (κ3) is 3.00. The van der Waals surface area contributed by atoms with Crippen LogP contribution in [0.3, 0.4) is 0 Å². The van der Waals surface area contributed by atoms with Crippen molar-refractivity contribution in [1.82, 2.24) is 0 Å². The zero-order chi connectivity index (χ0) is 15.7. The van der Waals surface area contributed by atoms with Crippen LogP contribution >= 0.6 is 0 Å². The molecule has 0 amide bonds. The highest BCUT2D eigenvalue weighted by Gasteiger charge is 2.47.